The third kappa shape index (κ3) is 1.51. The molecule has 0 amide bonds. The molecule has 0 bridgehead atoms. The summed E-state index contributed by atoms with van der Waals surface area (Å²) in [5.41, 5.74) is 0. The van der Waals surface area contributed by atoms with E-state index in [9.17, 15) is 0 Å². The monoisotopic (exact) mass is 176 g/mol. The molecule has 0 aromatic carbocycles. The molecule has 8 heavy (non-hydrogen) atoms. The predicted octanol–water partition coefficient (Wildman–Crippen LogP) is 2.38. The molecule has 2 heteroatoms. The van der Waals surface area contributed by atoms with Gasteiger partial charge in [0.05, 0.1) is 5.76 Å². The maximum absolute atomic E-state index is 8.91. The summed E-state index contributed by atoms with van der Waals surface area (Å²) >= 11 is 3.39. The van der Waals surface area contributed by atoms with Crippen LogP contribution in [0.5, 0.6) is 0 Å². The Morgan fingerprint density at radius 2 is 2.50 bits per heavy atom. The molecule has 1 nitrogen and oxygen atoms in total. The second-order valence-electron chi connectivity index (χ2n) is 2.07. The minimum Gasteiger partial charge on any atom is -0.513 e. The Morgan fingerprint density at radius 1 is 1.75 bits per heavy atom. The molecule has 0 radical (unpaired) electrons. The average molecular weight is 177 g/mol. The van der Waals surface area contributed by atoms with E-state index in [1.54, 1.807) is 0 Å². The number of halogens is 1. The molecule has 0 heterocycles. The predicted molar refractivity (Wildman–Crippen MR) is 37.3 cm³/mol. The molecule has 1 atom stereocenters. The third-order valence-corrected chi connectivity index (χ3v) is 2.01. The van der Waals surface area contributed by atoms with E-state index >= 15 is 0 Å². The van der Waals surface area contributed by atoms with Gasteiger partial charge < -0.3 is 5.11 Å². The zero-order valence-electron chi connectivity index (χ0n) is 4.60. The number of allylic oxidation sites excluding steroid dienone is 2. The van der Waals surface area contributed by atoms with Crippen molar-refractivity contribution in [2.75, 3.05) is 0 Å². The quantitative estimate of drug-likeness (QED) is 0.563. The van der Waals surface area contributed by atoms with Crippen LogP contribution in [-0.2, 0) is 0 Å². The summed E-state index contributed by atoms with van der Waals surface area (Å²) in [6.07, 6.45) is 4.99. The van der Waals surface area contributed by atoms with Crippen molar-refractivity contribution in [1.82, 2.24) is 0 Å². The Kier molecular flexibility index (Phi) is 1.95. The molecule has 0 saturated heterocycles. The van der Waals surface area contributed by atoms with Gasteiger partial charge in [-0.3, -0.25) is 0 Å². The molecule has 0 aromatic heterocycles. The first-order valence-corrected chi connectivity index (χ1v) is 3.74. The summed E-state index contributed by atoms with van der Waals surface area (Å²) in [7, 11) is 0. The first-order valence-electron chi connectivity index (χ1n) is 2.83. The number of aliphatic hydroxyl groups is 1. The van der Waals surface area contributed by atoms with Gasteiger partial charge in [0.1, 0.15) is 0 Å². The lowest BCUT2D eigenvalue weighted by atomic mass is 10.1. The van der Waals surface area contributed by atoms with E-state index in [1.807, 2.05) is 6.08 Å². The number of rotatable bonds is 0. The lowest BCUT2D eigenvalue weighted by molar-refractivity contribution is 0.370. The van der Waals surface area contributed by atoms with Crippen LogP contribution in [0.25, 0.3) is 0 Å². The van der Waals surface area contributed by atoms with Crippen LogP contribution in [0.1, 0.15) is 19.3 Å². The van der Waals surface area contributed by atoms with Crippen LogP contribution < -0.4 is 0 Å². The highest BCUT2D eigenvalue weighted by molar-refractivity contribution is 9.09. The Bertz CT molecular complexity index is 109. The second kappa shape index (κ2) is 2.53. The van der Waals surface area contributed by atoms with Crippen LogP contribution in [0.4, 0.5) is 0 Å². The van der Waals surface area contributed by atoms with Gasteiger partial charge in [0, 0.05) is 11.2 Å². The van der Waals surface area contributed by atoms with Crippen LogP contribution in [0, 0.1) is 0 Å². The van der Waals surface area contributed by atoms with Crippen molar-refractivity contribution in [2.24, 2.45) is 0 Å². The summed E-state index contributed by atoms with van der Waals surface area (Å²) in [4.78, 5) is 0.413. The van der Waals surface area contributed by atoms with E-state index in [1.165, 1.54) is 0 Å². The average Bonchev–Trinajstić information content (AvgIpc) is 1.64. The molecule has 0 aromatic rings. The van der Waals surface area contributed by atoms with Gasteiger partial charge in [-0.05, 0) is 18.9 Å². The molecular formula is C6H9BrO. The number of hydrogen-bond donors (Lipinski definition) is 1. The van der Waals surface area contributed by atoms with Crippen LogP contribution in [0.15, 0.2) is 11.8 Å². The van der Waals surface area contributed by atoms with E-state index in [-0.39, 0.29) is 0 Å². The van der Waals surface area contributed by atoms with Gasteiger partial charge in [-0.15, -0.1) is 0 Å². The van der Waals surface area contributed by atoms with Crippen molar-refractivity contribution in [3.8, 4) is 0 Å². The highest BCUT2D eigenvalue weighted by Crippen LogP contribution is 2.20. The Labute approximate surface area is 57.5 Å². The fourth-order valence-electron chi connectivity index (χ4n) is 0.854. The summed E-state index contributed by atoms with van der Waals surface area (Å²) in [5, 5.41) is 8.91. The standard InChI is InChI=1S/C6H9BrO/c7-5-2-1-3-6(8)4-5/h4-5,8H,1-3H2. The molecule has 1 N–H and O–H groups in total. The van der Waals surface area contributed by atoms with Crippen LogP contribution in [0.3, 0.4) is 0 Å². The molecule has 1 rings (SSSR count). The first-order chi connectivity index (χ1) is 3.79. The molecule has 1 aliphatic carbocycles. The van der Waals surface area contributed by atoms with E-state index in [0.717, 1.165) is 19.3 Å². The van der Waals surface area contributed by atoms with Crippen LogP contribution in [-0.4, -0.2) is 9.93 Å². The third-order valence-electron chi connectivity index (χ3n) is 1.29. The SMILES string of the molecule is OC1=CC(Br)CCC1. The van der Waals surface area contributed by atoms with E-state index in [4.69, 9.17) is 5.11 Å². The van der Waals surface area contributed by atoms with Gasteiger partial charge in [-0.1, -0.05) is 15.9 Å². The summed E-state index contributed by atoms with van der Waals surface area (Å²) in [6, 6.07) is 0. The Morgan fingerprint density at radius 3 is 2.88 bits per heavy atom. The van der Waals surface area contributed by atoms with Crippen molar-refractivity contribution >= 4 is 15.9 Å². The van der Waals surface area contributed by atoms with Crippen LogP contribution >= 0.6 is 15.9 Å². The fraction of sp³-hybridized carbons (Fsp3) is 0.667. The highest BCUT2D eigenvalue weighted by Gasteiger charge is 2.07. The highest BCUT2D eigenvalue weighted by atomic mass is 79.9. The van der Waals surface area contributed by atoms with Crippen molar-refractivity contribution in [3.05, 3.63) is 11.8 Å². The van der Waals surface area contributed by atoms with Gasteiger partial charge >= 0.3 is 0 Å². The minimum absolute atomic E-state index is 0.413. The van der Waals surface area contributed by atoms with Crippen molar-refractivity contribution in [2.45, 2.75) is 24.1 Å². The lowest BCUT2D eigenvalue weighted by Gasteiger charge is -2.10. The zero-order valence-corrected chi connectivity index (χ0v) is 6.19. The molecule has 0 saturated carbocycles. The molecule has 0 spiro atoms. The van der Waals surface area contributed by atoms with Gasteiger partial charge in [-0.25, -0.2) is 0 Å². The molecule has 0 aliphatic heterocycles. The van der Waals surface area contributed by atoms with Crippen molar-refractivity contribution in [3.63, 3.8) is 0 Å². The van der Waals surface area contributed by atoms with Gasteiger partial charge in [0.15, 0.2) is 0 Å². The lowest BCUT2D eigenvalue weighted by Crippen LogP contribution is -2.01. The summed E-state index contributed by atoms with van der Waals surface area (Å²) < 4.78 is 0. The number of alkyl halides is 1. The van der Waals surface area contributed by atoms with Gasteiger partial charge in [0.2, 0.25) is 0 Å². The minimum atomic E-state index is 0.413. The second-order valence-corrected chi connectivity index (χ2v) is 3.24. The zero-order chi connectivity index (χ0) is 5.98. The number of hydrogen-bond acceptors (Lipinski definition) is 1. The van der Waals surface area contributed by atoms with E-state index in [2.05, 4.69) is 15.9 Å². The fourth-order valence-corrected chi connectivity index (χ4v) is 1.48. The normalized spacial score (nSPS) is 29.6. The van der Waals surface area contributed by atoms with Crippen molar-refractivity contribution in [1.29, 1.82) is 0 Å². The first kappa shape index (κ1) is 6.14. The molecule has 1 unspecified atom stereocenters. The van der Waals surface area contributed by atoms with Gasteiger partial charge in [-0.2, -0.15) is 0 Å². The Balaban J connectivity index is 2.50. The van der Waals surface area contributed by atoms with Crippen LogP contribution in [0.2, 0.25) is 0 Å². The molecule has 1 aliphatic rings. The van der Waals surface area contributed by atoms with Gasteiger partial charge in [0.25, 0.3) is 0 Å². The largest absolute Gasteiger partial charge is 0.513 e. The molecular weight excluding hydrogens is 168 g/mol. The number of aliphatic hydroxyl groups excluding tert-OH is 1. The van der Waals surface area contributed by atoms with E-state index in [0.29, 0.717) is 10.6 Å². The molecule has 0 fully saturated rings. The smallest absolute Gasteiger partial charge is 0.0894 e. The summed E-state index contributed by atoms with van der Waals surface area (Å²) in [5.74, 6) is 0.540. The van der Waals surface area contributed by atoms with Crippen molar-refractivity contribution < 1.29 is 5.11 Å². The maximum Gasteiger partial charge on any atom is 0.0894 e. The maximum atomic E-state index is 8.91. The molecule has 46 valence electrons. The van der Waals surface area contributed by atoms with E-state index < -0.39 is 0 Å². The Hall–Kier alpha value is 0.0200. The summed E-state index contributed by atoms with van der Waals surface area (Å²) in [6.45, 7) is 0. The topological polar surface area (TPSA) is 20.2 Å².